The second kappa shape index (κ2) is 5.39. The Morgan fingerprint density at radius 1 is 1.00 bits per heavy atom. The smallest absolute Gasteiger partial charge is 0.246 e. The zero-order chi connectivity index (χ0) is 13.8. The highest BCUT2D eigenvalue weighted by molar-refractivity contribution is 5.98. The number of benzene rings is 1. The lowest BCUT2D eigenvalue weighted by Gasteiger charge is -2.23. The van der Waals surface area contributed by atoms with Crippen LogP contribution in [0.3, 0.4) is 0 Å². The summed E-state index contributed by atoms with van der Waals surface area (Å²) >= 11 is 0. The summed E-state index contributed by atoms with van der Waals surface area (Å²) in [5.41, 5.74) is 12.4. The highest BCUT2D eigenvalue weighted by Gasteiger charge is 2.19. The molecule has 2 rings (SSSR count). The molecular formula is C14H15N3O2. The Morgan fingerprint density at radius 2 is 1.53 bits per heavy atom. The Kier molecular flexibility index (Phi) is 3.66. The third-order valence-corrected chi connectivity index (χ3v) is 2.87. The number of nitrogens with two attached hydrogens (primary N) is 2. The topological polar surface area (TPSA) is 89.4 Å². The molecule has 5 nitrogen and oxygen atoms in total. The highest BCUT2D eigenvalue weighted by atomic mass is 16.1. The van der Waals surface area contributed by atoms with Crippen LogP contribution in [-0.4, -0.2) is 16.7 Å². The molecule has 0 aromatic heterocycles. The lowest BCUT2D eigenvalue weighted by Crippen LogP contribution is -2.26. The van der Waals surface area contributed by atoms with Gasteiger partial charge in [0.2, 0.25) is 11.8 Å². The van der Waals surface area contributed by atoms with E-state index in [1.807, 2.05) is 30.3 Å². The Balaban J connectivity index is 2.23. The van der Waals surface area contributed by atoms with Crippen LogP contribution in [0.5, 0.6) is 0 Å². The summed E-state index contributed by atoms with van der Waals surface area (Å²) in [5.74, 6) is -1.07. The maximum absolute atomic E-state index is 11.3. The summed E-state index contributed by atoms with van der Waals surface area (Å²) < 4.78 is 0. The van der Waals surface area contributed by atoms with E-state index in [1.165, 1.54) is 0 Å². The fourth-order valence-electron chi connectivity index (χ4n) is 1.92. The fraction of sp³-hybridized carbons (Fsp3) is 0.143. The molecule has 0 radical (unpaired) electrons. The molecule has 0 bridgehead atoms. The van der Waals surface area contributed by atoms with Gasteiger partial charge in [-0.2, -0.15) is 0 Å². The van der Waals surface area contributed by atoms with Crippen LogP contribution in [-0.2, 0) is 16.1 Å². The number of amides is 2. The predicted molar refractivity (Wildman–Crippen MR) is 71.2 cm³/mol. The molecule has 0 atom stereocenters. The monoisotopic (exact) mass is 257 g/mol. The second-order valence-electron chi connectivity index (χ2n) is 4.37. The quantitative estimate of drug-likeness (QED) is 0.829. The van der Waals surface area contributed by atoms with Gasteiger partial charge in [0, 0.05) is 36.5 Å². The van der Waals surface area contributed by atoms with E-state index in [0.717, 1.165) is 5.56 Å². The predicted octanol–water partition coefficient (Wildman–Crippen LogP) is 0.631. The van der Waals surface area contributed by atoms with Crippen molar-refractivity contribution in [3.05, 3.63) is 59.4 Å². The Bertz CT molecular complexity index is 531. The van der Waals surface area contributed by atoms with E-state index in [2.05, 4.69) is 0 Å². The van der Waals surface area contributed by atoms with Gasteiger partial charge in [-0.15, -0.1) is 0 Å². The van der Waals surface area contributed by atoms with Gasteiger partial charge in [-0.05, 0) is 5.56 Å². The molecule has 1 aliphatic heterocycles. The van der Waals surface area contributed by atoms with Crippen LogP contribution in [0, 0.1) is 0 Å². The van der Waals surface area contributed by atoms with Gasteiger partial charge in [0.15, 0.2) is 0 Å². The summed E-state index contributed by atoms with van der Waals surface area (Å²) in [4.78, 5) is 24.3. The first-order valence-electron chi connectivity index (χ1n) is 5.87. The average Bonchev–Trinajstić information content (AvgIpc) is 2.39. The molecule has 0 saturated heterocycles. The molecule has 1 aromatic rings. The number of nitrogens with zero attached hydrogens (tertiary/aromatic N) is 1. The van der Waals surface area contributed by atoms with E-state index in [0.29, 0.717) is 17.7 Å². The maximum Gasteiger partial charge on any atom is 0.246 e. The van der Waals surface area contributed by atoms with Crippen molar-refractivity contribution in [3.8, 4) is 0 Å². The van der Waals surface area contributed by atoms with E-state index < -0.39 is 11.8 Å². The first-order valence-corrected chi connectivity index (χ1v) is 5.87. The minimum atomic E-state index is -0.537. The molecule has 0 unspecified atom stereocenters. The van der Waals surface area contributed by atoms with Crippen LogP contribution in [0.2, 0.25) is 0 Å². The Morgan fingerprint density at radius 3 is 2.00 bits per heavy atom. The molecule has 98 valence electrons. The molecule has 1 heterocycles. The molecule has 0 saturated carbocycles. The van der Waals surface area contributed by atoms with Crippen molar-refractivity contribution in [1.29, 1.82) is 0 Å². The van der Waals surface area contributed by atoms with Gasteiger partial charge in [-0.25, -0.2) is 0 Å². The second-order valence-corrected chi connectivity index (χ2v) is 4.37. The standard InChI is InChI=1S/C14H15N3O2/c15-13(18)11-6-12(14(16)19)9-17(8-11)7-10-4-2-1-3-5-10/h1-5,8-9H,6-7H2,(H2,15,18)(H2,16,19). The van der Waals surface area contributed by atoms with Crippen molar-refractivity contribution in [2.45, 2.75) is 13.0 Å². The maximum atomic E-state index is 11.3. The van der Waals surface area contributed by atoms with Crippen molar-refractivity contribution < 1.29 is 9.59 Å². The van der Waals surface area contributed by atoms with Crippen LogP contribution in [0.15, 0.2) is 53.9 Å². The first kappa shape index (κ1) is 12.9. The van der Waals surface area contributed by atoms with E-state index in [-0.39, 0.29) is 6.42 Å². The van der Waals surface area contributed by atoms with Gasteiger partial charge in [0.05, 0.1) is 0 Å². The fourth-order valence-corrected chi connectivity index (χ4v) is 1.92. The summed E-state index contributed by atoms with van der Waals surface area (Å²) in [7, 11) is 0. The highest BCUT2D eigenvalue weighted by Crippen LogP contribution is 2.20. The number of carbonyl (C=O) groups excluding carboxylic acids is 2. The number of rotatable bonds is 4. The van der Waals surface area contributed by atoms with Crippen LogP contribution >= 0.6 is 0 Å². The normalized spacial score (nSPS) is 14.6. The molecule has 0 aliphatic carbocycles. The van der Waals surface area contributed by atoms with E-state index in [4.69, 9.17) is 11.5 Å². The summed E-state index contributed by atoms with van der Waals surface area (Å²) in [6.45, 7) is 0.550. The SMILES string of the molecule is NC(=O)C1=CN(Cc2ccccc2)C=C(C(N)=O)C1. The molecular weight excluding hydrogens is 242 g/mol. The third kappa shape index (κ3) is 3.22. The van der Waals surface area contributed by atoms with Crippen molar-refractivity contribution in [1.82, 2.24) is 4.90 Å². The van der Waals surface area contributed by atoms with Crippen LogP contribution in [0.1, 0.15) is 12.0 Å². The molecule has 0 fully saturated rings. The van der Waals surface area contributed by atoms with Crippen molar-refractivity contribution in [2.24, 2.45) is 11.5 Å². The molecule has 4 N–H and O–H groups in total. The molecule has 5 heteroatoms. The summed E-state index contributed by atoms with van der Waals surface area (Å²) in [5, 5.41) is 0. The van der Waals surface area contributed by atoms with E-state index >= 15 is 0 Å². The minimum absolute atomic E-state index is 0.190. The largest absolute Gasteiger partial charge is 0.366 e. The summed E-state index contributed by atoms with van der Waals surface area (Å²) in [6, 6.07) is 9.71. The number of carbonyl (C=O) groups is 2. The van der Waals surface area contributed by atoms with E-state index in [9.17, 15) is 9.59 Å². The van der Waals surface area contributed by atoms with Crippen molar-refractivity contribution in [3.63, 3.8) is 0 Å². The summed E-state index contributed by atoms with van der Waals surface area (Å²) in [6.07, 6.45) is 3.50. The lowest BCUT2D eigenvalue weighted by molar-refractivity contribution is -0.115. The Hall–Kier alpha value is -2.56. The van der Waals surface area contributed by atoms with Gasteiger partial charge in [-0.1, -0.05) is 30.3 Å². The molecule has 1 aliphatic rings. The van der Waals surface area contributed by atoms with Gasteiger partial charge in [-0.3, -0.25) is 9.59 Å². The average molecular weight is 257 g/mol. The molecule has 1 aromatic carbocycles. The van der Waals surface area contributed by atoms with Crippen molar-refractivity contribution in [2.75, 3.05) is 0 Å². The zero-order valence-electron chi connectivity index (χ0n) is 10.4. The zero-order valence-corrected chi connectivity index (χ0v) is 10.4. The van der Waals surface area contributed by atoms with E-state index in [1.54, 1.807) is 17.3 Å². The molecule has 2 amide bonds. The van der Waals surface area contributed by atoms with Crippen LogP contribution < -0.4 is 11.5 Å². The Labute approximate surface area is 111 Å². The number of primary amides is 2. The van der Waals surface area contributed by atoms with Crippen LogP contribution in [0.25, 0.3) is 0 Å². The van der Waals surface area contributed by atoms with Crippen LogP contribution in [0.4, 0.5) is 0 Å². The first-order chi connectivity index (χ1) is 9.06. The minimum Gasteiger partial charge on any atom is -0.366 e. The molecule has 19 heavy (non-hydrogen) atoms. The van der Waals surface area contributed by atoms with Crippen molar-refractivity contribution >= 4 is 11.8 Å². The molecule has 0 spiro atoms. The van der Waals surface area contributed by atoms with Gasteiger partial charge in [0.25, 0.3) is 0 Å². The number of hydrogen-bond acceptors (Lipinski definition) is 3. The third-order valence-electron chi connectivity index (χ3n) is 2.87. The number of hydrogen-bond donors (Lipinski definition) is 2. The van der Waals surface area contributed by atoms with Gasteiger partial charge >= 0.3 is 0 Å². The van der Waals surface area contributed by atoms with Gasteiger partial charge < -0.3 is 16.4 Å². The lowest BCUT2D eigenvalue weighted by atomic mass is 10.0. The van der Waals surface area contributed by atoms with Gasteiger partial charge in [0.1, 0.15) is 0 Å².